The molecule has 1 unspecified atom stereocenters. The van der Waals surface area contributed by atoms with Crippen LogP contribution in [0.1, 0.15) is 42.9 Å². The molecule has 2 aromatic rings. The Balaban J connectivity index is 1.79. The average Bonchev–Trinajstić information content (AvgIpc) is 2.79. The molecule has 1 fully saturated rings. The molecule has 1 aliphatic heterocycles. The van der Waals surface area contributed by atoms with Crippen LogP contribution >= 0.6 is 11.6 Å². The third-order valence-corrected chi connectivity index (χ3v) is 5.97. The first kappa shape index (κ1) is 23.5. The highest BCUT2D eigenvalue weighted by molar-refractivity contribution is 6.32. The number of hydrogen-bond acceptors (Lipinski definition) is 6. The van der Waals surface area contributed by atoms with Crippen molar-refractivity contribution in [2.75, 3.05) is 40.5 Å². The summed E-state index contributed by atoms with van der Waals surface area (Å²) in [5.41, 5.74) is 1.52. The van der Waals surface area contributed by atoms with Crippen LogP contribution in [0.25, 0.3) is 0 Å². The lowest BCUT2D eigenvalue weighted by molar-refractivity contribution is 0.149. The van der Waals surface area contributed by atoms with Gasteiger partial charge in [-0.2, -0.15) is 0 Å². The van der Waals surface area contributed by atoms with Crippen molar-refractivity contribution in [1.29, 1.82) is 0 Å². The summed E-state index contributed by atoms with van der Waals surface area (Å²) < 4.78 is 17.2. The van der Waals surface area contributed by atoms with Crippen LogP contribution in [-0.4, -0.2) is 55.6 Å². The summed E-state index contributed by atoms with van der Waals surface area (Å²) in [6.45, 7) is 3.48. The molecule has 2 N–H and O–H groups in total. The zero-order valence-electron chi connectivity index (χ0n) is 18.3. The first-order valence-corrected chi connectivity index (χ1v) is 11.2. The van der Waals surface area contributed by atoms with Crippen LogP contribution in [0.15, 0.2) is 30.3 Å². The Morgan fingerprint density at radius 2 is 1.74 bits per heavy atom. The van der Waals surface area contributed by atoms with E-state index in [9.17, 15) is 10.2 Å². The summed E-state index contributed by atoms with van der Waals surface area (Å²) in [5.74, 6) is 1.56. The molecule has 0 radical (unpaired) electrons. The molecule has 1 heterocycles. The van der Waals surface area contributed by atoms with Crippen LogP contribution < -0.4 is 14.2 Å². The van der Waals surface area contributed by atoms with Gasteiger partial charge in [-0.25, -0.2) is 0 Å². The van der Waals surface area contributed by atoms with E-state index in [2.05, 4.69) is 4.90 Å². The Hall–Kier alpha value is -2.15. The number of aromatic hydroxyl groups is 1. The summed E-state index contributed by atoms with van der Waals surface area (Å²) in [7, 11) is 3.09. The van der Waals surface area contributed by atoms with Gasteiger partial charge < -0.3 is 24.4 Å². The van der Waals surface area contributed by atoms with Gasteiger partial charge >= 0.3 is 0 Å². The molecule has 170 valence electrons. The second kappa shape index (κ2) is 11.5. The maximum absolute atomic E-state index is 11.1. The van der Waals surface area contributed by atoms with Crippen LogP contribution in [0.2, 0.25) is 5.02 Å². The second-order valence-electron chi connectivity index (χ2n) is 7.81. The van der Waals surface area contributed by atoms with Crippen LogP contribution in [0.4, 0.5) is 0 Å². The molecule has 3 rings (SSSR count). The summed E-state index contributed by atoms with van der Waals surface area (Å²) in [4.78, 5) is 2.39. The Labute approximate surface area is 189 Å². The standard InChI is InChI=1S/C24H32ClNO5/c1-29-21-16-19(25)23(30-2)22(20(28)11-8-17-6-9-18(27)10-7-17)24(21)31-15-14-26-12-4-3-5-13-26/h6-7,9-10,16,20,27-28H,3-5,8,11-15H2,1-2H3. The molecule has 0 spiro atoms. The Morgan fingerprint density at radius 3 is 2.39 bits per heavy atom. The van der Waals surface area contributed by atoms with Crippen LogP contribution in [0.3, 0.4) is 0 Å². The number of ether oxygens (including phenoxy) is 3. The number of rotatable bonds is 10. The molecule has 0 bridgehead atoms. The third-order valence-electron chi connectivity index (χ3n) is 5.69. The van der Waals surface area contributed by atoms with Crippen molar-refractivity contribution in [3.8, 4) is 23.0 Å². The lowest BCUT2D eigenvalue weighted by Crippen LogP contribution is -2.33. The zero-order valence-corrected chi connectivity index (χ0v) is 19.0. The number of hydrogen-bond donors (Lipinski definition) is 2. The number of phenolic OH excluding ortho intramolecular Hbond substituents is 1. The molecule has 1 saturated heterocycles. The van der Waals surface area contributed by atoms with E-state index in [1.165, 1.54) is 26.4 Å². The van der Waals surface area contributed by atoms with Crippen molar-refractivity contribution in [3.05, 3.63) is 46.5 Å². The van der Waals surface area contributed by atoms with Gasteiger partial charge in [0, 0.05) is 12.6 Å². The van der Waals surface area contributed by atoms with Gasteiger partial charge in [-0.3, -0.25) is 4.90 Å². The maximum Gasteiger partial charge on any atom is 0.170 e. The second-order valence-corrected chi connectivity index (χ2v) is 8.22. The summed E-state index contributed by atoms with van der Waals surface area (Å²) in [6, 6.07) is 8.62. The number of likely N-dealkylation sites (tertiary alicyclic amines) is 1. The van der Waals surface area contributed by atoms with Gasteiger partial charge in [-0.1, -0.05) is 30.2 Å². The lowest BCUT2D eigenvalue weighted by atomic mass is 9.99. The minimum Gasteiger partial charge on any atom is -0.508 e. The van der Waals surface area contributed by atoms with Gasteiger partial charge in [0.25, 0.3) is 0 Å². The number of halogens is 1. The molecule has 0 aromatic heterocycles. The molecule has 1 aliphatic rings. The normalized spacial score (nSPS) is 15.5. The lowest BCUT2D eigenvalue weighted by Gasteiger charge is -2.27. The van der Waals surface area contributed by atoms with Crippen molar-refractivity contribution in [2.24, 2.45) is 0 Å². The Bertz CT molecular complexity index is 837. The van der Waals surface area contributed by atoms with E-state index in [0.717, 1.165) is 25.2 Å². The molecule has 7 heteroatoms. The van der Waals surface area contributed by atoms with Crippen LogP contribution in [-0.2, 0) is 6.42 Å². The van der Waals surface area contributed by atoms with Crippen LogP contribution in [0, 0.1) is 0 Å². The molecule has 2 aromatic carbocycles. The molecule has 0 aliphatic carbocycles. The SMILES string of the molecule is COc1cc(Cl)c(OC)c(C(O)CCc2ccc(O)cc2)c1OCCN1CCCCC1. The minimum atomic E-state index is -0.860. The van der Waals surface area contributed by atoms with E-state index in [-0.39, 0.29) is 5.75 Å². The van der Waals surface area contributed by atoms with Gasteiger partial charge in [-0.15, -0.1) is 0 Å². The van der Waals surface area contributed by atoms with Gasteiger partial charge in [0.15, 0.2) is 11.5 Å². The first-order chi connectivity index (χ1) is 15.0. The number of nitrogens with zero attached hydrogens (tertiary/aromatic N) is 1. The highest BCUT2D eigenvalue weighted by Crippen LogP contribution is 2.47. The van der Waals surface area contributed by atoms with Gasteiger partial charge in [0.1, 0.15) is 18.1 Å². The van der Waals surface area contributed by atoms with Gasteiger partial charge in [0.2, 0.25) is 0 Å². The van der Waals surface area contributed by atoms with E-state index in [1.54, 1.807) is 25.3 Å². The predicted molar refractivity (Wildman–Crippen MR) is 122 cm³/mol. The molecule has 1 atom stereocenters. The van der Waals surface area contributed by atoms with Crippen molar-refractivity contribution < 1.29 is 24.4 Å². The topological polar surface area (TPSA) is 71.4 Å². The maximum atomic E-state index is 11.1. The smallest absolute Gasteiger partial charge is 0.170 e. The van der Waals surface area contributed by atoms with Crippen molar-refractivity contribution in [1.82, 2.24) is 4.90 Å². The largest absolute Gasteiger partial charge is 0.508 e. The molecule has 0 amide bonds. The number of aliphatic hydroxyl groups is 1. The highest BCUT2D eigenvalue weighted by atomic mass is 35.5. The summed E-state index contributed by atoms with van der Waals surface area (Å²) >= 11 is 6.41. The molecule has 0 saturated carbocycles. The van der Waals surface area contributed by atoms with E-state index in [4.69, 9.17) is 25.8 Å². The number of benzene rings is 2. The van der Waals surface area contributed by atoms with Crippen molar-refractivity contribution in [3.63, 3.8) is 0 Å². The molecular formula is C24H32ClNO5. The quantitative estimate of drug-likeness (QED) is 0.552. The van der Waals surface area contributed by atoms with Gasteiger partial charge in [0.05, 0.1) is 30.9 Å². The van der Waals surface area contributed by atoms with Gasteiger partial charge in [-0.05, 0) is 56.5 Å². The van der Waals surface area contributed by atoms with Crippen LogP contribution in [0.5, 0.6) is 23.0 Å². The fourth-order valence-electron chi connectivity index (χ4n) is 3.99. The monoisotopic (exact) mass is 449 g/mol. The van der Waals surface area contributed by atoms with E-state index >= 15 is 0 Å². The summed E-state index contributed by atoms with van der Waals surface area (Å²) in [6.07, 6.45) is 3.93. The number of aliphatic hydroxyl groups excluding tert-OH is 1. The minimum absolute atomic E-state index is 0.218. The first-order valence-electron chi connectivity index (χ1n) is 10.8. The number of aryl methyl sites for hydroxylation is 1. The average molecular weight is 450 g/mol. The zero-order chi connectivity index (χ0) is 22.2. The number of piperidine rings is 1. The highest BCUT2D eigenvalue weighted by Gasteiger charge is 2.26. The predicted octanol–water partition coefficient (Wildman–Crippen LogP) is 4.59. The van der Waals surface area contributed by atoms with E-state index < -0.39 is 6.10 Å². The summed E-state index contributed by atoms with van der Waals surface area (Å²) in [5, 5.41) is 20.9. The van der Waals surface area contributed by atoms with Crippen molar-refractivity contribution in [2.45, 2.75) is 38.2 Å². The fraction of sp³-hybridized carbons (Fsp3) is 0.500. The van der Waals surface area contributed by atoms with E-state index in [1.807, 2.05) is 12.1 Å². The van der Waals surface area contributed by atoms with Crippen molar-refractivity contribution >= 4 is 11.6 Å². The molecule has 6 nitrogen and oxygen atoms in total. The fourth-order valence-corrected chi connectivity index (χ4v) is 4.27. The molecule has 31 heavy (non-hydrogen) atoms. The third kappa shape index (κ3) is 6.19. The Morgan fingerprint density at radius 1 is 1.03 bits per heavy atom. The van der Waals surface area contributed by atoms with E-state index in [0.29, 0.717) is 47.3 Å². The number of phenols is 1. The number of methoxy groups -OCH3 is 2. The Kier molecular flexibility index (Phi) is 8.69. The molecular weight excluding hydrogens is 418 g/mol.